The van der Waals surface area contributed by atoms with Gasteiger partial charge in [-0.3, -0.25) is 9.59 Å². The third-order valence-electron chi connectivity index (χ3n) is 9.62. The maximum absolute atomic E-state index is 13.1. The van der Waals surface area contributed by atoms with Gasteiger partial charge in [0.05, 0.1) is 25.2 Å². The quantitative estimate of drug-likeness (QED) is 0.0334. The van der Waals surface area contributed by atoms with Crippen molar-refractivity contribution >= 4 is 11.9 Å². The van der Waals surface area contributed by atoms with Crippen LogP contribution in [0.15, 0.2) is 48.6 Å². The molecule has 0 radical (unpaired) electrons. The molecule has 0 bridgehead atoms. The summed E-state index contributed by atoms with van der Waals surface area (Å²) in [6.07, 6.45) is 46.1. The van der Waals surface area contributed by atoms with Crippen LogP contribution in [0.1, 0.15) is 207 Å². The summed E-state index contributed by atoms with van der Waals surface area (Å²) in [6, 6.07) is -0.707. The number of hydrogen-bond acceptors (Lipinski definition) is 5. The smallest absolute Gasteiger partial charge is 0.306 e. The molecule has 0 spiro atoms. The molecular formula is C46H83NO5. The van der Waals surface area contributed by atoms with Crippen LogP contribution in [0.3, 0.4) is 0 Å². The Morgan fingerprint density at radius 1 is 0.577 bits per heavy atom. The largest absolute Gasteiger partial charge is 0.462 e. The summed E-state index contributed by atoms with van der Waals surface area (Å²) < 4.78 is 5.85. The minimum atomic E-state index is -0.792. The molecule has 0 heterocycles. The summed E-state index contributed by atoms with van der Waals surface area (Å²) in [5, 5.41) is 23.5. The number of hydrogen-bond donors (Lipinski definition) is 3. The summed E-state index contributed by atoms with van der Waals surface area (Å²) in [4.78, 5) is 25.8. The Morgan fingerprint density at radius 2 is 1.08 bits per heavy atom. The fourth-order valence-electron chi connectivity index (χ4n) is 6.33. The van der Waals surface area contributed by atoms with E-state index in [4.69, 9.17) is 4.74 Å². The first-order valence-corrected chi connectivity index (χ1v) is 21.9. The van der Waals surface area contributed by atoms with Gasteiger partial charge in [-0.15, -0.1) is 0 Å². The molecule has 3 atom stereocenters. The van der Waals surface area contributed by atoms with Gasteiger partial charge in [0.25, 0.3) is 0 Å². The van der Waals surface area contributed by atoms with E-state index in [2.05, 4.69) is 74.7 Å². The Bertz CT molecular complexity index is 910. The van der Waals surface area contributed by atoms with Gasteiger partial charge in [0, 0.05) is 6.42 Å². The lowest BCUT2D eigenvalue weighted by molar-refractivity contribution is -0.151. The molecule has 302 valence electrons. The van der Waals surface area contributed by atoms with Gasteiger partial charge in [-0.25, -0.2) is 0 Å². The first kappa shape index (κ1) is 49.8. The van der Waals surface area contributed by atoms with Crippen molar-refractivity contribution in [1.29, 1.82) is 0 Å². The van der Waals surface area contributed by atoms with E-state index in [0.29, 0.717) is 19.3 Å². The standard InChI is InChI=1S/C46H83NO5/c1-4-7-10-13-16-19-21-22-23-25-27-30-33-36-39-46(51)52-42(37-34-31-28-18-15-12-9-6-3)40-45(50)47-43(41-48)44(49)38-35-32-29-26-24-20-17-14-11-8-5-2/h7,10,12,15-16,19,22-23,42-44,48-49H,4-6,8-9,11,13-14,17-18,20-21,24-41H2,1-3H3,(H,47,50)/b10-7+,15-12-,19-16+,23-22+. The molecule has 0 rings (SSSR count). The highest BCUT2D eigenvalue weighted by Crippen LogP contribution is 2.17. The minimum Gasteiger partial charge on any atom is -0.462 e. The number of ether oxygens (including phenoxy) is 1. The van der Waals surface area contributed by atoms with Crippen LogP contribution in [0, 0.1) is 0 Å². The van der Waals surface area contributed by atoms with Crippen molar-refractivity contribution in [2.24, 2.45) is 0 Å². The van der Waals surface area contributed by atoms with Gasteiger partial charge < -0.3 is 20.3 Å². The Morgan fingerprint density at radius 3 is 1.69 bits per heavy atom. The molecule has 3 unspecified atom stereocenters. The Hall–Kier alpha value is -2.18. The predicted octanol–water partition coefficient (Wildman–Crippen LogP) is 12.3. The number of unbranched alkanes of at least 4 members (excludes halogenated alkanes) is 18. The molecule has 0 aliphatic carbocycles. The van der Waals surface area contributed by atoms with Gasteiger partial charge in [0.2, 0.25) is 5.91 Å². The van der Waals surface area contributed by atoms with Crippen LogP contribution in [0.25, 0.3) is 0 Å². The molecule has 52 heavy (non-hydrogen) atoms. The van der Waals surface area contributed by atoms with Crippen LogP contribution in [0.5, 0.6) is 0 Å². The zero-order valence-electron chi connectivity index (χ0n) is 34.2. The molecule has 6 nitrogen and oxygen atoms in total. The number of esters is 1. The fraction of sp³-hybridized carbons (Fsp3) is 0.783. The summed E-state index contributed by atoms with van der Waals surface area (Å²) in [5.74, 6) is -0.523. The van der Waals surface area contributed by atoms with Crippen molar-refractivity contribution in [1.82, 2.24) is 5.32 Å². The SMILES string of the molecule is CC/C=C/C/C=C/C/C=C/CCCCCCC(=O)OC(CCCCC/C=C\CCC)CC(=O)NC(CO)C(O)CCCCCCCCCCCCC. The van der Waals surface area contributed by atoms with E-state index in [1.807, 2.05) is 0 Å². The maximum atomic E-state index is 13.1. The van der Waals surface area contributed by atoms with E-state index in [1.54, 1.807) is 0 Å². The molecule has 0 fully saturated rings. The zero-order chi connectivity index (χ0) is 38.2. The molecule has 0 saturated carbocycles. The van der Waals surface area contributed by atoms with Gasteiger partial charge in [-0.1, -0.05) is 166 Å². The summed E-state index contributed by atoms with van der Waals surface area (Å²) in [7, 11) is 0. The number of allylic oxidation sites excluding steroid dienone is 8. The van der Waals surface area contributed by atoms with Gasteiger partial charge in [0.1, 0.15) is 6.10 Å². The first-order valence-electron chi connectivity index (χ1n) is 21.9. The third kappa shape index (κ3) is 34.9. The molecule has 0 aromatic carbocycles. The molecule has 0 aliphatic rings. The van der Waals surface area contributed by atoms with Crippen LogP contribution < -0.4 is 5.32 Å². The number of rotatable bonds is 38. The Labute approximate surface area is 321 Å². The van der Waals surface area contributed by atoms with E-state index in [0.717, 1.165) is 109 Å². The second-order valence-corrected chi connectivity index (χ2v) is 14.7. The number of amides is 1. The summed E-state index contributed by atoms with van der Waals surface area (Å²) >= 11 is 0. The van der Waals surface area contributed by atoms with Crippen molar-refractivity contribution < 1.29 is 24.5 Å². The number of carbonyl (C=O) groups is 2. The minimum absolute atomic E-state index is 0.0563. The third-order valence-corrected chi connectivity index (χ3v) is 9.62. The number of aliphatic hydroxyl groups excluding tert-OH is 2. The maximum Gasteiger partial charge on any atom is 0.306 e. The lowest BCUT2D eigenvalue weighted by Gasteiger charge is -2.24. The van der Waals surface area contributed by atoms with Crippen LogP contribution >= 0.6 is 0 Å². The van der Waals surface area contributed by atoms with Crippen LogP contribution in [0.4, 0.5) is 0 Å². The van der Waals surface area contributed by atoms with Gasteiger partial charge in [0.15, 0.2) is 0 Å². The van der Waals surface area contributed by atoms with E-state index in [-0.39, 0.29) is 24.9 Å². The van der Waals surface area contributed by atoms with Crippen LogP contribution in [-0.2, 0) is 14.3 Å². The predicted molar refractivity (Wildman–Crippen MR) is 222 cm³/mol. The molecular weight excluding hydrogens is 647 g/mol. The van der Waals surface area contributed by atoms with Crippen LogP contribution in [0.2, 0.25) is 0 Å². The number of carbonyl (C=O) groups excluding carboxylic acids is 2. The highest BCUT2D eigenvalue weighted by molar-refractivity contribution is 5.77. The van der Waals surface area contributed by atoms with Gasteiger partial charge in [-0.05, 0) is 77.0 Å². The van der Waals surface area contributed by atoms with Gasteiger partial charge >= 0.3 is 5.97 Å². The molecule has 3 N–H and O–H groups in total. The van der Waals surface area contributed by atoms with Gasteiger partial charge in [-0.2, -0.15) is 0 Å². The van der Waals surface area contributed by atoms with E-state index in [1.165, 1.54) is 51.4 Å². The fourth-order valence-corrected chi connectivity index (χ4v) is 6.33. The van der Waals surface area contributed by atoms with E-state index < -0.39 is 18.2 Å². The van der Waals surface area contributed by atoms with Crippen LogP contribution in [-0.4, -0.2) is 46.9 Å². The lowest BCUT2D eigenvalue weighted by Crippen LogP contribution is -2.46. The number of nitrogens with one attached hydrogen (secondary N) is 1. The molecule has 0 aromatic heterocycles. The highest BCUT2D eigenvalue weighted by Gasteiger charge is 2.24. The average molecular weight is 730 g/mol. The topological polar surface area (TPSA) is 95.9 Å². The first-order chi connectivity index (χ1) is 25.5. The van der Waals surface area contributed by atoms with Crippen molar-refractivity contribution in [3.8, 4) is 0 Å². The lowest BCUT2D eigenvalue weighted by atomic mass is 10.0. The molecule has 1 amide bonds. The molecule has 0 aliphatic heterocycles. The second kappa shape index (κ2) is 40.0. The van der Waals surface area contributed by atoms with E-state index in [9.17, 15) is 19.8 Å². The molecule has 6 heteroatoms. The second-order valence-electron chi connectivity index (χ2n) is 14.7. The Kier molecular flexibility index (Phi) is 38.3. The van der Waals surface area contributed by atoms with Crippen molar-refractivity contribution in [3.63, 3.8) is 0 Å². The molecule has 0 aromatic rings. The van der Waals surface area contributed by atoms with Crippen molar-refractivity contribution in [3.05, 3.63) is 48.6 Å². The van der Waals surface area contributed by atoms with Crippen molar-refractivity contribution in [2.45, 2.75) is 225 Å². The zero-order valence-corrected chi connectivity index (χ0v) is 34.2. The van der Waals surface area contributed by atoms with E-state index >= 15 is 0 Å². The summed E-state index contributed by atoms with van der Waals surface area (Å²) in [6.45, 7) is 6.26. The highest BCUT2D eigenvalue weighted by atomic mass is 16.5. The van der Waals surface area contributed by atoms with Crippen molar-refractivity contribution in [2.75, 3.05) is 6.61 Å². The Balaban J connectivity index is 4.56. The summed E-state index contributed by atoms with van der Waals surface area (Å²) in [5.41, 5.74) is 0. The normalized spacial score (nSPS) is 13.9. The average Bonchev–Trinajstić information content (AvgIpc) is 3.13. The molecule has 0 saturated heterocycles. The number of aliphatic hydroxyl groups is 2. The monoisotopic (exact) mass is 730 g/mol.